The van der Waals surface area contributed by atoms with Gasteiger partial charge in [0.2, 0.25) is 0 Å². The highest BCUT2D eigenvalue weighted by Crippen LogP contribution is 2.19. The number of halogens is 1. The van der Waals surface area contributed by atoms with Gasteiger partial charge in [0.25, 0.3) is 0 Å². The van der Waals surface area contributed by atoms with Crippen LogP contribution in [0.1, 0.15) is 18.5 Å². The van der Waals surface area contributed by atoms with Crippen molar-refractivity contribution < 1.29 is 0 Å². The molecule has 1 aromatic heterocycles. The molecule has 0 aromatic carbocycles. The van der Waals surface area contributed by atoms with Gasteiger partial charge in [-0.2, -0.15) is 10.5 Å². The topological polar surface area (TPSA) is 75.7 Å². The molecule has 5 nitrogen and oxygen atoms in total. The first kappa shape index (κ1) is 13.6. The molecule has 1 fully saturated rings. The van der Waals surface area contributed by atoms with Crippen LogP contribution in [0.4, 0.5) is 5.82 Å². The molecule has 1 N–H and O–H groups in total. The predicted molar refractivity (Wildman–Crippen MR) is 72.7 cm³/mol. The standard InChI is InChI=1S/C13H14ClN5/c14-11-1-2-13(18-12(11)9-16)17-10-3-6-19(7-4-10)8-5-15/h1-2,10H,3-4,6-8H2,(H,17,18). The van der Waals surface area contributed by atoms with Gasteiger partial charge in [-0.3, -0.25) is 4.90 Å². The minimum absolute atomic E-state index is 0.244. The number of pyridine rings is 1. The molecule has 98 valence electrons. The van der Waals surface area contributed by atoms with Crippen molar-refractivity contribution in [2.45, 2.75) is 18.9 Å². The fourth-order valence-electron chi connectivity index (χ4n) is 2.15. The molecule has 0 radical (unpaired) electrons. The molecule has 2 heterocycles. The Morgan fingerprint density at radius 2 is 2.11 bits per heavy atom. The molecule has 0 amide bonds. The first-order valence-corrected chi connectivity index (χ1v) is 6.53. The van der Waals surface area contributed by atoms with Crippen LogP contribution < -0.4 is 5.32 Å². The van der Waals surface area contributed by atoms with Crippen LogP contribution in [0.3, 0.4) is 0 Å². The predicted octanol–water partition coefficient (Wildman–Crippen LogP) is 2.01. The number of aromatic nitrogens is 1. The summed E-state index contributed by atoms with van der Waals surface area (Å²) in [4.78, 5) is 6.30. The first-order chi connectivity index (χ1) is 9.22. The fraction of sp³-hybridized carbons (Fsp3) is 0.462. The molecule has 0 bridgehead atoms. The molecular formula is C13H14ClN5. The number of rotatable bonds is 3. The first-order valence-electron chi connectivity index (χ1n) is 6.15. The smallest absolute Gasteiger partial charge is 0.161 e. The minimum atomic E-state index is 0.244. The van der Waals surface area contributed by atoms with Crippen LogP contribution in [-0.4, -0.2) is 35.6 Å². The Kier molecular flexibility index (Phi) is 4.57. The van der Waals surface area contributed by atoms with E-state index in [1.807, 2.05) is 6.07 Å². The van der Waals surface area contributed by atoms with E-state index in [0.717, 1.165) is 25.9 Å². The molecule has 0 atom stereocenters. The van der Waals surface area contributed by atoms with Gasteiger partial charge in [0, 0.05) is 19.1 Å². The third kappa shape index (κ3) is 3.57. The van der Waals surface area contributed by atoms with E-state index in [2.05, 4.69) is 21.3 Å². The summed E-state index contributed by atoms with van der Waals surface area (Å²) >= 11 is 5.84. The van der Waals surface area contributed by atoms with Gasteiger partial charge in [-0.25, -0.2) is 4.98 Å². The van der Waals surface area contributed by atoms with E-state index in [0.29, 0.717) is 23.4 Å². The summed E-state index contributed by atoms with van der Waals surface area (Å²) in [5, 5.41) is 21.2. The van der Waals surface area contributed by atoms with Gasteiger partial charge < -0.3 is 5.32 Å². The van der Waals surface area contributed by atoms with Gasteiger partial charge in [-0.15, -0.1) is 0 Å². The van der Waals surface area contributed by atoms with E-state index >= 15 is 0 Å². The van der Waals surface area contributed by atoms with Crippen molar-refractivity contribution >= 4 is 17.4 Å². The lowest BCUT2D eigenvalue weighted by atomic mass is 10.1. The number of nitrogens with one attached hydrogen (secondary N) is 1. The Morgan fingerprint density at radius 3 is 2.74 bits per heavy atom. The number of piperidine rings is 1. The van der Waals surface area contributed by atoms with Gasteiger partial charge in [-0.05, 0) is 25.0 Å². The molecule has 19 heavy (non-hydrogen) atoms. The lowest BCUT2D eigenvalue weighted by Gasteiger charge is -2.30. The second-order valence-electron chi connectivity index (χ2n) is 4.49. The van der Waals surface area contributed by atoms with Crippen molar-refractivity contribution in [2.24, 2.45) is 0 Å². The lowest BCUT2D eigenvalue weighted by Crippen LogP contribution is -2.39. The van der Waals surface area contributed by atoms with Crippen LogP contribution in [0.5, 0.6) is 0 Å². The second-order valence-corrected chi connectivity index (χ2v) is 4.90. The van der Waals surface area contributed by atoms with Crippen molar-refractivity contribution in [3.8, 4) is 12.1 Å². The Hall–Kier alpha value is -1.82. The third-order valence-corrected chi connectivity index (χ3v) is 3.49. The molecule has 1 aliphatic heterocycles. The monoisotopic (exact) mass is 275 g/mol. The van der Waals surface area contributed by atoms with E-state index in [9.17, 15) is 0 Å². The molecule has 6 heteroatoms. The number of nitriles is 2. The Labute approximate surface area is 117 Å². The van der Waals surface area contributed by atoms with Gasteiger partial charge >= 0.3 is 0 Å². The largest absolute Gasteiger partial charge is 0.367 e. The molecule has 0 spiro atoms. The van der Waals surface area contributed by atoms with Crippen molar-refractivity contribution in [1.82, 2.24) is 9.88 Å². The Balaban J connectivity index is 1.93. The molecule has 0 aliphatic carbocycles. The maximum Gasteiger partial charge on any atom is 0.161 e. The highest BCUT2D eigenvalue weighted by Gasteiger charge is 2.19. The minimum Gasteiger partial charge on any atom is -0.367 e. The van der Waals surface area contributed by atoms with Crippen molar-refractivity contribution in [3.63, 3.8) is 0 Å². The molecule has 1 saturated heterocycles. The van der Waals surface area contributed by atoms with Gasteiger partial charge in [-0.1, -0.05) is 11.6 Å². The summed E-state index contributed by atoms with van der Waals surface area (Å²) in [7, 11) is 0. The average molecular weight is 276 g/mol. The highest BCUT2D eigenvalue weighted by molar-refractivity contribution is 6.31. The summed E-state index contributed by atoms with van der Waals surface area (Å²) in [6.45, 7) is 2.30. The Morgan fingerprint density at radius 1 is 1.37 bits per heavy atom. The molecule has 1 aliphatic rings. The van der Waals surface area contributed by atoms with E-state index in [-0.39, 0.29) is 5.69 Å². The molecule has 2 rings (SSSR count). The zero-order chi connectivity index (χ0) is 13.7. The molecular weight excluding hydrogens is 262 g/mol. The zero-order valence-corrected chi connectivity index (χ0v) is 11.2. The lowest BCUT2D eigenvalue weighted by molar-refractivity contribution is 0.242. The normalized spacial score (nSPS) is 16.6. The van der Waals surface area contributed by atoms with Crippen molar-refractivity contribution in [3.05, 3.63) is 22.8 Å². The second kappa shape index (κ2) is 6.38. The van der Waals surface area contributed by atoms with E-state index in [4.69, 9.17) is 22.1 Å². The maximum absolute atomic E-state index is 8.88. The van der Waals surface area contributed by atoms with Gasteiger partial charge in [0.15, 0.2) is 5.69 Å². The molecule has 0 saturated carbocycles. The zero-order valence-electron chi connectivity index (χ0n) is 10.4. The van der Waals surface area contributed by atoms with Crippen LogP contribution in [0.2, 0.25) is 5.02 Å². The number of anilines is 1. The van der Waals surface area contributed by atoms with Crippen LogP contribution >= 0.6 is 11.6 Å². The summed E-state index contributed by atoms with van der Waals surface area (Å²) in [5.41, 5.74) is 0.244. The molecule has 0 unspecified atom stereocenters. The summed E-state index contributed by atoms with van der Waals surface area (Å²) in [6, 6.07) is 7.93. The van der Waals surface area contributed by atoms with E-state index in [1.165, 1.54) is 0 Å². The van der Waals surface area contributed by atoms with E-state index < -0.39 is 0 Å². The average Bonchev–Trinajstić information content (AvgIpc) is 2.43. The number of hydrogen-bond acceptors (Lipinski definition) is 5. The number of likely N-dealkylation sites (tertiary alicyclic amines) is 1. The van der Waals surface area contributed by atoms with Gasteiger partial charge in [0.1, 0.15) is 11.9 Å². The third-order valence-electron chi connectivity index (χ3n) is 3.19. The molecule has 1 aromatic rings. The quantitative estimate of drug-likeness (QED) is 0.854. The summed E-state index contributed by atoms with van der Waals surface area (Å²) in [5.74, 6) is 0.680. The van der Waals surface area contributed by atoms with Crippen molar-refractivity contribution in [1.29, 1.82) is 10.5 Å². The number of hydrogen-bond donors (Lipinski definition) is 1. The number of nitrogens with zero attached hydrogens (tertiary/aromatic N) is 4. The van der Waals surface area contributed by atoms with E-state index in [1.54, 1.807) is 12.1 Å². The van der Waals surface area contributed by atoms with Crippen LogP contribution in [0.25, 0.3) is 0 Å². The maximum atomic E-state index is 8.88. The Bertz CT molecular complexity index is 523. The fourth-order valence-corrected chi connectivity index (χ4v) is 2.29. The van der Waals surface area contributed by atoms with Gasteiger partial charge in [0.05, 0.1) is 17.6 Å². The highest BCUT2D eigenvalue weighted by atomic mass is 35.5. The van der Waals surface area contributed by atoms with Crippen molar-refractivity contribution in [2.75, 3.05) is 25.0 Å². The van der Waals surface area contributed by atoms with Crippen LogP contribution in [-0.2, 0) is 0 Å². The summed E-state index contributed by atoms with van der Waals surface area (Å²) in [6.07, 6.45) is 1.93. The SMILES string of the molecule is N#CCN1CCC(Nc2ccc(Cl)c(C#N)n2)CC1. The summed E-state index contributed by atoms with van der Waals surface area (Å²) < 4.78 is 0. The van der Waals surface area contributed by atoms with Crippen LogP contribution in [0.15, 0.2) is 12.1 Å². The van der Waals surface area contributed by atoms with Crippen LogP contribution in [0, 0.1) is 22.7 Å².